The zero-order valence-corrected chi connectivity index (χ0v) is 14.8. The van der Waals surface area contributed by atoms with Gasteiger partial charge in [0.05, 0.1) is 10.2 Å². The second kappa shape index (κ2) is 7.57. The van der Waals surface area contributed by atoms with Crippen LogP contribution in [0.1, 0.15) is 30.8 Å². The molecule has 0 radical (unpaired) electrons. The van der Waals surface area contributed by atoms with Crippen LogP contribution in [-0.4, -0.2) is 44.3 Å². The molecule has 0 bridgehead atoms. The standard InChI is InChI=1S/C16H17BrFN3O3/c1-3-10(2)20(9-14(22)23)16(24)15-13(17)8-21(19-15)12-6-4-11(18)5-7-12/h4-8,10H,3,9H2,1-2H3,(H,22,23). The second-order valence-electron chi connectivity index (χ2n) is 5.33. The fraction of sp³-hybridized carbons (Fsp3) is 0.312. The number of carbonyl (C=O) groups is 2. The van der Waals surface area contributed by atoms with E-state index >= 15 is 0 Å². The van der Waals surface area contributed by atoms with Crippen molar-refractivity contribution in [1.29, 1.82) is 0 Å². The molecule has 0 spiro atoms. The first-order valence-corrected chi connectivity index (χ1v) is 8.16. The maximum Gasteiger partial charge on any atom is 0.323 e. The van der Waals surface area contributed by atoms with Crippen LogP contribution in [0.4, 0.5) is 4.39 Å². The lowest BCUT2D eigenvalue weighted by Crippen LogP contribution is -2.42. The highest BCUT2D eigenvalue weighted by Crippen LogP contribution is 2.21. The van der Waals surface area contributed by atoms with Gasteiger partial charge in [-0.25, -0.2) is 9.07 Å². The normalized spacial score (nSPS) is 12.0. The number of halogens is 2. The van der Waals surface area contributed by atoms with Crippen LogP contribution in [-0.2, 0) is 4.79 Å². The van der Waals surface area contributed by atoms with Crippen molar-refractivity contribution in [1.82, 2.24) is 14.7 Å². The summed E-state index contributed by atoms with van der Waals surface area (Å²) in [5.74, 6) is -1.93. The largest absolute Gasteiger partial charge is 0.480 e. The smallest absolute Gasteiger partial charge is 0.323 e. The Hall–Kier alpha value is -2.22. The highest BCUT2D eigenvalue weighted by Gasteiger charge is 2.27. The Morgan fingerprint density at radius 1 is 1.38 bits per heavy atom. The van der Waals surface area contributed by atoms with Crippen LogP contribution < -0.4 is 0 Å². The first-order valence-electron chi connectivity index (χ1n) is 7.37. The maximum atomic E-state index is 13.0. The van der Waals surface area contributed by atoms with E-state index in [1.807, 2.05) is 6.92 Å². The molecule has 1 amide bonds. The molecule has 0 saturated carbocycles. The number of amides is 1. The first kappa shape index (κ1) is 18.1. The number of nitrogens with zero attached hydrogens (tertiary/aromatic N) is 3. The van der Waals surface area contributed by atoms with E-state index in [9.17, 15) is 14.0 Å². The van der Waals surface area contributed by atoms with E-state index in [4.69, 9.17) is 5.11 Å². The summed E-state index contributed by atoms with van der Waals surface area (Å²) in [6.45, 7) is 3.26. The van der Waals surface area contributed by atoms with Gasteiger partial charge in [-0.1, -0.05) is 6.92 Å². The van der Waals surface area contributed by atoms with Crippen LogP contribution >= 0.6 is 15.9 Å². The molecule has 6 nitrogen and oxygen atoms in total. The molecular weight excluding hydrogens is 381 g/mol. The molecular formula is C16H17BrFN3O3. The average molecular weight is 398 g/mol. The molecule has 2 aromatic rings. The monoisotopic (exact) mass is 397 g/mol. The summed E-state index contributed by atoms with van der Waals surface area (Å²) in [5.41, 5.74) is 0.699. The lowest BCUT2D eigenvalue weighted by atomic mass is 10.2. The predicted octanol–water partition coefficient (Wildman–Crippen LogP) is 3.10. The van der Waals surface area contributed by atoms with E-state index in [1.54, 1.807) is 13.1 Å². The molecule has 1 atom stereocenters. The third kappa shape index (κ3) is 4.00. The highest BCUT2D eigenvalue weighted by atomic mass is 79.9. The van der Waals surface area contributed by atoms with Crippen LogP contribution in [0.2, 0.25) is 0 Å². The van der Waals surface area contributed by atoms with Gasteiger partial charge in [-0.15, -0.1) is 0 Å². The lowest BCUT2D eigenvalue weighted by molar-refractivity contribution is -0.138. The van der Waals surface area contributed by atoms with E-state index in [0.29, 0.717) is 16.6 Å². The van der Waals surface area contributed by atoms with Crippen LogP contribution in [0.5, 0.6) is 0 Å². The fourth-order valence-corrected chi connectivity index (χ4v) is 2.60. The fourth-order valence-electron chi connectivity index (χ4n) is 2.15. The van der Waals surface area contributed by atoms with Gasteiger partial charge in [-0.2, -0.15) is 5.10 Å². The van der Waals surface area contributed by atoms with E-state index in [1.165, 1.54) is 33.8 Å². The molecule has 8 heteroatoms. The summed E-state index contributed by atoms with van der Waals surface area (Å²) >= 11 is 3.28. The number of rotatable bonds is 6. The minimum atomic E-state index is -1.09. The van der Waals surface area contributed by atoms with Crippen molar-refractivity contribution in [3.8, 4) is 5.69 Å². The van der Waals surface area contributed by atoms with Crippen molar-refractivity contribution in [3.63, 3.8) is 0 Å². The van der Waals surface area contributed by atoms with Crippen molar-refractivity contribution >= 4 is 27.8 Å². The second-order valence-corrected chi connectivity index (χ2v) is 6.19. The molecule has 2 rings (SSSR count). The summed E-state index contributed by atoms with van der Waals surface area (Å²) in [7, 11) is 0. The van der Waals surface area contributed by atoms with Crippen molar-refractivity contribution in [2.24, 2.45) is 0 Å². The van der Waals surface area contributed by atoms with E-state index in [0.717, 1.165) is 0 Å². The van der Waals surface area contributed by atoms with Gasteiger partial charge in [-0.05, 0) is 53.5 Å². The maximum absolute atomic E-state index is 13.0. The van der Waals surface area contributed by atoms with E-state index < -0.39 is 18.4 Å². The molecule has 1 aromatic heterocycles. The number of carboxylic acid groups (broad SMARTS) is 1. The van der Waals surface area contributed by atoms with Gasteiger partial charge in [0.15, 0.2) is 5.69 Å². The van der Waals surface area contributed by atoms with Gasteiger partial charge < -0.3 is 10.0 Å². The van der Waals surface area contributed by atoms with Gasteiger partial charge in [0, 0.05) is 12.2 Å². The van der Waals surface area contributed by atoms with Crippen molar-refractivity contribution in [2.75, 3.05) is 6.54 Å². The van der Waals surface area contributed by atoms with Gasteiger partial charge >= 0.3 is 5.97 Å². The molecule has 0 aliphatic carbocycles. The van der Waals surface area contributed by atoms with Crippen LogP contribution in [0.25, 0.3) is 5.69 Å². The number of carbonyl (C=O) groups excluding carboxylic acids is 1. The summed E-state index contributed by atoms with van der Waals surface area (Å²) in [6.07, 6.45) is 2.20. The Morgan fingerprint density at radius 3 is 2.54 bits per heavy atom. The van der Waals surface area contributed by atoms with Gasteiger partial charge in [0.1, 0.15) is 12.4 Å². The molecule has 0 aliphatic rings. The van der Waals surface area contributed by atoms with E-state index in [-0.39, 0.29) is 17.6 Å². The van der Waals surface area contributed by atoms with Crippen molar-refractivity contribution in [3.05, 3.63) is 46.4 Å². The van der Waals surface area contributed by atoms with E-state index in [2.05, 4.69) is 21.0 Å². The SMILES string of the molecule is CCC(C)N(CC(=O)O)C(=O)c1nn(-c2ccc(F)cc2)cc1Br. The highest BCUT2D eigenvalue weighted by molar-refractivity contribution is 9.10. The van der Waals surface area contributed by atoms with Crippen LogP contribution in [0.15, 0.2) is 34.9 Å². The summed E-state index contributed by atoms with van der Waals surface area (Å²) in [4.78, 5) is 25.0. The molecule has 1 heterocycles. The van der Waals surface area contributed by atoms with Gasteiger partial charge in [0.2, 0.25) is 0 Å². The van der Waals surface area contributed by atoms with Crippen molar-refractivity contribution < 1.29 is 19.1 Å². The predicted molar refractivity (Wildman–Crippen MR) is 89.6 cm³/mol. The number of carboxylic acids is 1. The molecule has 0 aliphatic heterocycles. The third-order valence-electron chi connectivity index (χ3n) is 3.65. The zero-order valence-electron chi connectivity index (χ0n) is 13.2. The quantitative estimate of drug-likeness (QED) is 0.812. The topological polar surface area (TPSA) is 75.4 Å². The Labute approximate surface area is 147 Å². The number of benzene rings is 1. The molecule has 1 N–H and O–H groups in total. The molecule has 0 fully saturated rings. The molecule has 128 valence electrons. The molecule has 1 unspecified atom stereocenters. The molecule has 24 heavy (non-hydrogen) atoms. The Bertz CT molecular complexity index is 746. The molecule has 1 aromatic carbocycles. The Morgan fingerprint density at radius 2 is 2.00 bits per heavy atom. The minimum Gasteiger partial charge on any atom is -0.480 e. The average Bonchev–Trinajstić information content (AvgIpc) is 2.93. The number of aliphatic carboxylic acids is 1. The number of hydrogen-bond donors (Lipinski definition) is 1. The van der Waals surface area contributed by atoms with Gasteiger partial charge in [-0.3, -0.25) is 9.59 Å². The molecule has 0 saturated heterocycles. The van der Waals surface area contributed by atoms with Crippen molar-refractivity contribution in [2.45, 2.75) is 26.3 Å². The third-order valence-corrected chi connectivity index (χ3v) is 4.23. The number of aromatic nitrogens is 2. The van der Waals surface area contributed by atoms with Crippen LogP contribution in [0.3, 0.4) is 0 Å². The summed E-state index contributed by atoms with van der Waals surface area (Å²) < 4.78 is 14.9. The van der Waals surface area contributed by atoms with Gasteiger partial charge in [0.25, 0.3) is 5.91 Å². The summed E-state index contributed by atoms with van der Waals surface area (Å²) in [6, 6.07) is 5.42. The minimum absolute atomic E-state index is 0.112. The zero-order chi connectivity index (χ0) is 17.9. The number of hydrogen-bond acceptors (Lipinski definition) is 3. The Kier molecular flexibility index (Phi) is 5.71. The van der Waals surface area contributed by atoms with Crippen LogP contribution in [0, 0.1) is 5.82 Å². The summed E-state index contributed by atoms with van der Waals surface area (Å²) in [5, 5.41) is 13.3. The first-order chi connectivity index (χ1) is 11.3. The lowest BCUT2D eigenvalue weighted by Gasteiger charge is -2.26. The Balaban J connectivity index is 2.35.